The number of aromatic nitrogens is 1. The van der Waals surface area contributed by atoms with Crippen LogP contribution < -0.4 is 28.4 Å². The summed E-state index contributed by atoms with van der Waals surface area (Å²) in [7, 11) is 9.77. The minimum absolute atomic E-state index is 0.647. The minimum Gasteiger partial charge on any atom is -0.497 e. The standard InChI is InChI=1S/C29H29NO6/c1-31-19-7-10-22(27(15-19)34-4)18-13-25(23-11-8-20(32-2)16-28(23)35-5)30-26(14-18)24-12-9-21(33-3)17-29(24)36-6/h7-17H,1-6H3. The molecule has 0 saturated heterocycles. The largest absolute Gasteiger partial charge is 0.497 e. The van der Waals surface area contributed by atoms with E-state index in [1.165, 1.54) is 0 Å². The van der Waals surface area contributed by atoms with Crippen molar-refractivity contribution in [3.8, 4) is 68.1 Å². The van der Waals surface area contributed by atoms with Gasteiger partial charge in [0.05, 0.1) is 54.0 Å². The second-order valence-corrected chi connectivity index (χ2v) is 7.82. The topological polar surface area (TPSA) is 68.3 Å². The molecule has 0 fully saturated rings. The fraction of sp³-hybridized carbons (Fsp3) is 0.207. The summed E-state index contributed by atoms with van der Waals surface area (Å²) in [5.41, 5.74) is 4.88. The predicted molar refractivity (Wildman–Crippen MR) is 140 cm³/mol. The third-order valence-corrected chi connectivity index (χ3v) is 5.91. The van der Waals surface area contributed by atoms with Crippen LogP contribution in [0.1, 0.15) is 0 Å². The summed E-state index contributed by atoms with van der Waals surface area (Å²) < 4.78 is 33.2. The van der Waals surface area contributed by atoms with Gasteiger partial charge in [-0.2, -0.15) is 0 Å². The van der Waals surface area contributed by atoms with Crippen molar-refractivity contribution >= 4 is 0 Å². The fourth-order valence-electron chi connectivity index (χ4n) is 4.02. The molecule has 36 heavy (non-hydrogen) atoms. The molecule has 0 saturated carbocycles. The molecule has 0 aliphatic rings. The molecule has 0 spiro atoms. The number of nitrogens with zero attached hydrogens (tertiary/aromatic N) is 1. The molecule has 7 nitrogen and oxygen atoms in total. The van der Waals surface area contributed by atoms with Crippen molar-refractivity contribution < 1.29 is 28.4 Å². The monoisotopic (exact) mass is 487 g/mol. The van der Waals surface area contributed by atoms with Crippen LogP contribution in [0.4, 0.5) is 0 Å². The van der Waals surface area contributed by atoms with Gasteiger partial charge in [0.1, 0.15) is 34.5 Å². The second-order valence-electron chi connectivity index (χ2n) is 7.82. The van der Waals surface area contributed by atoms with Gasteiger partial charge in [0.15, 0.2) is 0 Å². The maximum Gasteiger partial charge on any atom is 0.131 e. The van der Waals surface area contributed by atoms with Gasteiger partial charge in [-0.05, 0) is 54.1 Å². The third kappa shape index (κ3) is 4.86. The molecule has 0 atom stereocenters. The molecule has 1 aromatic heterocycles. The number of pyridine rings is 1. The van der Waals surface area contributed by atoms with Crippen molar-refractivity contribution in [2.24, 2.45) is 0 Å². The first-order valence-corrected chi connectivity index (χ1v) is 11.2. The van der Waals surface area contributed by atoms with E-state index in [1.807, 2.05) is 66.7 Å². The van der Waals surface area contributed by atoms with E-state index in [9.17, 15) is 0 Å². The lowest BCUT2D eigenvalue weighted by molar-refractivity contribution is 0.395. The van der Waals surface area contributed by atoms with Crippen LogP contribution in [0.15, 0.2) is 66.7 Å². The summed E-state index contributed by atoms with van der Waals surface area (Å²) in [6, 6.07) is 21.1. The highest BCUT2D eigenvalue weighted by Gasteiger charge is 2.18. The van der Waals surface area contributed by atoms with Crippen LogP contribution in [0.5, 0.6) is 34.5 Å². The quantitative estimate of drug-likeness (QED) is 0.281. The van der Waals surface area contributed by atoms with E-state index in [-0.39, 0.29) is 0 Å². The molecule has 0 radical (unpaired) electrons. The van der Waals surface area contributed by atoms with Gasteiger partial charge in [-0.3, -0.25) is 0 Å². The summed E-state index contributed by atoms with van der Waals surface area (Å²) in [6.07, 6.45) is 0. The predicted octanol–water partition coefficient (Wildman–Crippen LogP) is 6.13. The van der Waals surface area contributed by atoms with Crippen molar-refractivity contribution in [3.63, 3.8) is 0 Å². The molecular formula is C29H29NO6. The number of rotatable bonds is 9. The minimum atomic E-state index is 0.647. The van der Waals surface area contributed by atoms with Crippen molar-refractivity contribution in [2.75, 3.05) is 42.7 Å². The third-order valence-electron chi connectivity index (χ3n) is 5.91. The first kappa shape index (κ1) is 24.7. The Morgan fingerprint density at radius 1 is 0.417 bits per heavy atom. The Balaban J connectivity index is 1.99. The molecule has 0 bridgehead atoms. The first-order valence-electron chi connectivity index (χ1n) is 11.2. The van der Waals surface area contributed by atoms with Crippen LogP contribution >= 0.6 is 0 Å². The Morgan fingerprint density at radius 3 is 1.14 bits per heavy atom. The lowest BCUT2D eigenvalue weighted by Crippen LogP contribution is -1.97. The molecule has 1 heterocycles. The Kier molecular flexibility index (Phi) is 7.49. The van der Waals surface area contributed by atoms with Gasteiger partial charge < -0.3 is 28.4 Å². The van der Waals surface area contributed by atoms with Crippen LogP contribution in [0.25, 0.3) is 33.6 Å². The van der Waals surface area contributed by atoms with Crippen LogP contribution in [0, 0.1) is 0 Å². The molecular weight excluding hydrogens is 458 g/mol. The molecule has 0 aliphatic carbocycles. The summed E-state index contributed by atoms with van der Waals surface area (Å²) in [6.45, 7) is 0. The van der Waals surface area contributed by atoms with Gasteiger partial charge in [0.25, 0.3) is 0 Å². The molecule has 0 N–H and O–H groups in total. The van der Waals surface area contributed by atoms with Gasteiger partial charge in [0, 0.05) is 34.9 Å². The fourth-order valence-corrected chi connectivity index (χ4v) is 4.02. The van der Waals surface area contributed by atoms with Crippen LogP contribution in [0.3, 0.4) is 0 Å². The Bertz CT molecular complexity index is 1190. The van der Waals surface area contributed by atoms with Crippen molar-refractivity contribution in [1.29, 1.82) is 0 Å². The zero-order valence-electron chi connectivity index (χ0n) is 21.2. The SMILES string of the molecule is COc1ccc(-c2cc(-c3ccc(OC)cc3OC)nc(-c3ccc(OC)cc3OC)c2)c(OC)c1. The summed E-state index contributed by atoms with van der Waals surface area (Å²) >= 11 is 0. The van der Waals surface area contributed by atoms with E-state index in [2.05, 4.69) is 0 Å². The van der Waals surface area contributed by atoms with E-state index in [0.717, 1.165) is 33.6 Å². The number of ether oxygens (including phenoxy) is 6. The van der Waals surface area contributed by atoms with Crippen molar-refractivity contribution in [2.45, 2.75) is 0 Å². The van der Waals surface area contributed by atoms with Gasteiger partial charge in [-0.1, -0.05) is 0 Å². The number of hydrogen-bond donors (Lipinski definition) is 0. The molecule has 0 unspecified atom stereocenters. The maximum atomic E-state index is 5.70. The van der Waals surface area contributed by atoms with Gasteiger partial charge >= 0.3 is 0 Å². The Hall–Kier alpha value is -4.39. The van der Waals surface area contributed by atoms with Crippen LogP contribution in [-0.4, -0.2) is 47.6 Å². The molecule has 7 heteroatoms. The van der Waals surface area contributed by atoms with E-state index in [4.69, 9.17) is 33.4 Å². The molecule has 0 aliphatic heterocycles. The second kappa shape index (κ2) is 10.9. The van der Waals surface area contributed by atoms with Gasteiger partial charge in [0.2, 0.25) is 0 Å². The zero-order chi connectivity index (χ0) is 25.7. The first-order chi connectivity index (χ1) is 17.5. The Labute approximate surface area is 211 Å². The van der Waals surface area contributed by atoms with E-state index in [0.29, 0.717) is 34.5 Å². The van der Waals surface area contributed by atoms with E-state index >= 15 is 0 Å². The van der Waals surface area contributed by atoms with Gasteiger partial charge in [-0.15, -0.1) is 0 Å². The molecule has 4 rings (SSSR count). The molecule has 3 aromatic carbocycles. The van der Waals surface area contributed by atoms with E-state index < -0.39 is 0 Å². The van der Waals surface area contributed by atoms with Crippen molar-refractivity contribution in [3.05, 3.63) is 66.7 Å². The van der Waals surface area contributed by atoms with Crippen molar-refractivity contribution in [1.82, 2.24) is 4.98 Å². The number of hydrogen-bond acceptors (Lipinski definition) is 7. The molecule has 4 aromatic rings. The van der Waals surface area contributed by atoms with Gasteiger partial charge in [-0.25, -0.2) is 4.98 Å². The number of benzene rings is 3. The maximum absolute atomic E-state index is 5.70. The zero-order valence-corrected chi connectivity index (χ0v) is 21.2. The number of methoxy groups -OCH3 is 6. The summed E-state index contributed by atoms with van der Waals surface area (Å²) in [5, 5.41) is 0. The molecule has 0 amide bonds. The molecule has 186 valence electrons. The highest BCUT2D eigenvalue weighted by Crippen LogP contribution is 2.41. The van der Waals surface area contributed by atoms with Crippen LogP contribution in [0.2, 0.25) is 0 Å². The lowest BCUT2D eigenvalue weighted by atomic mass is 9.98. The average molecular weight is 488 g/mol. The normalized spacial score (nSPS) is 10.5. The highest BCUT2D eigenvalue weighted by atomic mass is 16.5. The smallest absolute Gasteiger partial charge is 0.131 e. The van der Waals surface area contributed by atoms with E-state index in [1.54, 1.807) is 42.7 Å². The van der Waals surface area contributed by atoms with Crippen LogP contribution in [-0.2, 0) is 0 Å². The highest BCUT2D eigenvalue weighted by molar-refractivity contribution is 5.82. The summed E-state index contributed by atoms with van der Waals surface area (Å²) in [5.74, 6) is 4.07. The Morgan fingerprint density at radius 2 is 0.778 bits per heavy atom. The average Bonchev–Trinajstić information content (AvgIpc) is 2.95. The summed E-state index contributed by atoms with van der Waals surface area (Å²) in [4.78, 5) is 5.01. The lowest BCUT2D eigenvalue weighted by Gasteiger charge is -2.16.